The van der Waals surface area contributed by atoms with Gasteiger partial charge in [-0.15, -0.1) is 0 Å². The van der Waals surface area contributed by atoms with E-state index in [0.29, 0.717) is 33.7 Å². The smallest absolute Gasteiger partial charge is 0.248 e. The van der Waals surface area contributed by atoms with E-state index in [1.807, 2.05) is 0 Å². The van der Waals surface area contributed by atoms with E-state index in [1.54, 1.807) is 43.5 Å². The van der Waals surface area contributed by atoms with Crippen molar-refractivity contribution in [2.75, 3.05) is 26.3 Å². The molecule has 0 saturated heterocycles. The van der Waals surface area contributed by atoms with Crippen LogP contribution in [0.15, 0.2) is 36.4 Å². The molecule has 1 N–H and O–H groups in total. The van der Waals surface area contributed by atoms with Gasteiger partial charge in [0.25, 0.3) is 0 Å². The maximum absolute atomic E-state index is 12.2. The second-order valence-electron chi connectivity index (χ2n) is 5.13. The lowest BCUT2D eigenvalue weighted by Crippen LogP contribution is -2.09. The lowest BCUT2D eigenvalue weighted by atomic mass is 10.2. The van der Waals surface area contributed by atoms with Crippen LogP contribution in [0.2, 0.25) is 5.02 Å². The van der Waals surface area contributed by atoms with Crippen molar-refractivity contribution in [2.45, 2.75) is 0 Å². The molecule has 0 atom stereocenters. The molecule has 2 aromatic carbocycles. The first-order valence-electron chi connectivity index (χ1n) is 7.41. The molecule has 3 rings (SSSR count). The number of halogens is 1. The van der Waals surface area contributed by atoms with Gasteiger partial charge in [-0.25, -0.2) is 0 Å². The second-order valence-corrected chi connectivity index (χ2v) is 5.53. The third kappa shape index (κ3) is 3.80. The van der Waals surface area contributed by atoms with Crippen LogP contribution in [-0.2, 0) is 4.79 Å². The highest BCUT2D eigenvalue weighted by Gasteiger charge is 2.17. The van der Waals surface area contributed by atoms with Gasteiger partial charge in [-0.3, -0.25) is 4.79 Å². The Morgan fingerprint density at radius 1 is 1.20 bits per heavy atom. The number of anilines is 1. The maximum Gasteiger partial charge on any atom is 0.248 e. The minimum absolute atomic E-state index is 0.137. The highest BCUT2D eigenvalue weighted by molar-refractivity contribution is 6.32. The summed E-state index contributed by atoms with van der Waals surface area (Å²) in [6.07, 6.45) is 3.03. The van der Waals surface area contributed by atoms with Crippen molar-refractivity contribution >= 4 is 29.3 Å². The number of benzene rings is 2. The van der Waals surface area contributed by atoms with Gasteiger partial charge >= 0.3 is 0 Å². The fourth-order valence-electron chi connectivity index (χ4n) is 2.34. The van der Waals surface area contributed by atoms with E-state index < -0.39 is 0 Å². The summed E-state index contributed by atoms with van der Waals surface area (Å²) in [5.41, 5.74) is 1.24. The fourth-order valence-corrected chi connectivity index (χ4v) is 2.62. The Bertz CT molecular complexity index is 834. The van der Waals surface area contributed by atoms with Crippen molar-refractivity contribution < 1.29 is 23.7 Å². The Labute approximate surface area is 149 Å². The van der Waals surface area contributed by atoms with Crippen LogP contribution in [0.3, 0.4) is 0 Å². The van der Waals surface area contributed by atoms with Gasteiger partial charge in [0, 0.05) is 12.1 Å². The molecule has 0 aliphatic carbocycles. The monoisotopic (exact) mass is 361 g/mol. The maximum atomic E-state index is 12.2. The summed E-state index contributed by atoms with van der Waals surface area (Å²) < 4.78 is 20.9. The molecule has 7 heteroatoms. The van der Waals surface area contributed by atoms with Crippen LogP contribution in [-0.4, -0.2) is 26.9 Å². The second kappa shape index (κ2) is 7.36. The average Bonchev–Trinajstić information content (AvgIpc) is 3.09. The molecule has 25 heavy (non-hydrogen) atoms. The molecule has 2 aromatic rings. The van der Waals surface area contributed by atoms with E-state index in [0.717, 1.165) is 5.56 Å². The lowest BCUT2D eigenvalue weighted by Gasteiger charge is -2.10. The van der Waals surface area contributed by atoms with Crippen LogP contribution in [0.4, 0.5) is 5.69 Å². The number of amides is 1. The van der Waals surface area contributed by atoms with Gasteiger partial charge in [-0.1, -0.05) is 11.6 Å². The summed E-state index contributed by atoms with van der Waals surface area (Å²) >= 11 is 6.12. The van der Waals surface area contributed by atoms with E-state index in [4.69, 9.17) is 30.5 Å². The molecule has 1 aliphatic rings. The molecule has 1 heterocycles. The summed E-state index contributed by atoms with van der Waals surface area (Å²) in [7, 11) is 3.08. The summed E-state index contributed by atoms with van der Waals surface area (Å²) in [6.45, 7) is 0.137. The van der Waals surface area contributed by atoms with Crippen molar-refractivity contribution in [3.8, 4) is 23.0 Å². The zero-order valence-corrected chi connectivity index (χ0v) is 14.4. The van der Waals surface area contributed by atoms with Crippen LogP contribution in [0.25, 0.3) is 6.08 Å². The third-order valence-electron chi connectivity index (χ3n) is 3.54. The van der Waals surface area contributed by atoms with Gasteiger partial charge in [0.15, 0.2) is 11.5 Å². The molecule has 0 bridgehead atoms. The molecule has 0 spiro atoms. The molecule has 0 radical (unpaired) electrons. The van der Waals surface area contributed by atoms with E-state index in [1.165, 1.54) is 13.2 Å². The van der Waals surface area contributed by atoms with Gasteiger partial charge in [-0.05, 0) is 35.9 Å². The zero-order valence-electron chi connectivity index (χ0n) is 13.7. The van der Waals surface area contributed by atoms with Gasteiger partial charge in [-0.2, -0.15) is 0 Å². The number of methoxy groups -OCH3 is 2. The summed E-state index contributed by atoms with van der Waals surface area (Å²) in [5, 5.41) is 3.19. The Hall–Kier alpha value is -2.86. The first-order chi connectivity index (χ1) is 12.1. The van der Waals surface area contributed by atoms with Crippen molar-refractivity contribution in [3.63, 3.8) is 0 Å². The van der Waals surface area contributed by atoms with Gasteiger partial charge in [0.1, 0.15) is 11.5 Å². The average molecular weight is 362 g/mol. The molecule has 0 fully saturated rings. The first-order valence-corrected chi connectivity index (χ1v) is 7.78. The molecule has 130 valence electrons. The van der Waals surface area contributed by atoms with Gasteiger partial charge < -0.3 is 24.3 Å². The number of hydrogen-bond donors (Lipinski definition) is 1. The number of ether oxygens (including phenoxy) is 4. The van der Waals surface area contributed by atoms with E-state index in [2.05, 4.69) is 5.32 Å². The highest BCUT2D eigenvalue weighted by atomic mass is 35.5. The van der Waals surface area contributed by atoms with Crippen molar-refractivity contribution in [1.82, 2.24) is 0 Å². The number of carbonyl (C=O) groups excluding carboxylic acids is 1. The molecule has 0 aromatic heterocycles. The Morgan fingerprint density at radius 3 is 2.80 bits per heavy atom. The van der Waals surface area contributed by atoms with Crippen LogP contribution in [0, 0.1) is 0 Å². The number of nitrogens with one attached hydrogen (secondary N) is 1. The Morgan fingerprint density at radius 2 is 2.04 bits per heavy atom. The number of rotatable bonds is 5. The Balaban J connectivity index is 1.75. The molecule has 0 unspecified atom stereocenters. The number of fused-ring (bicyclic) bond motifs is 1. The first kappa shape index (κ1) is 17.0. The van der Waals surface area contributed by atoms with Crippen molar-refractivity contribution in [2.24, 2.45) is 0 Å². The summed E-state index contributed by atoms with van der Waals surface area (Å²) in [4.78, 5) is 12.2. The topological polar surface area (TPSA) is 66.0 Å². The standard InChI is InChI=1S/C18H16ClNO5/c1-22-12-4-5-15(23-2)14(9-12)20-17(21)6-3-11-7-13(19)18-16(8-11)24-10-25-18/h3-9H,10H2,1-2H3,(H,20,21)/b6-3+. The number of carbonyl (C=O) groups is 1. The van der Waals surface area contributed by atoms with Crippen LogP contribution >= 0.6 is 11.6 Å². The SMILES string of the molecule is COc1ccc(OC)c(NC(=O)/C=C/c2cc(Cl)c3c(c2)OCO3)c1. The molecule has 1 aliphatic heterocycles. The third-order valence-corrected chi connectivity index (χ3v) is 3.82. The molecule has 6 nitrogen and oxygen atoms in total. The lowest BCUT2D eigenvalue weighted by molar-refractivity contribution is -0.111. The molecular weight excluding hydrogens is 346 g/mol. The van der Waals surface area contributed by atoms with Crippen LogP contribution < -0.4 is 24.3 Å². The summed E-state index contributed by atoms with van der Waals surface area (Å²) in [6, 6.07) is 8.60. The molecule has 0 saturated carbocycles. The minimum Gasteiger partial charge on any atom is -0.497 e. The molecule has 1 amide bonds. The van der Waals surface area contributed by atoms with Crippen LogP contribution in [0.1, 0.15) is 5.56 Å². The predicted molar refractivity (Wildman–Crippen MR) is 94.8 cm³/mol. The fraction of sp³-hybridized carbons (Fsp3) is 0.167. The normalized spacial score (nSPS) is 12.3. The highest BCUT2D eigenvalue weighted by Crippen LogP contribution is 2.40. The minimum atomic E-state index is -0.319. The van der Waals surface area contributed by atoms with Gasteiger partial charge in [0.2, 0.25) is 12.7 Å². The zero-order chi connectivity index (χ0) is 17.8. The van der Waals surface area contributed by atoms with Crippen LogP contribution in [0.5, 0.6) is 23.0 Å². The van der Waals surface area contributed by atoms with Crippen molar-refractivity contribution in [3.05, 3.63) is 47.0 Å². The molecular formula is C18H16ClNO5. The van der Waals surface area contributed by atoms with E-state index in [-0.39, 0.29) is 12.7 Å². The van der Waals surface area contributed by atoms with E-state index >= 15 is 0 Å². The van der Waals surface area contributed by atoms with E-state index in [9.17, 15) is 4.79 Å². The quantitative estimate of drug-likeness (QED) is 0.822. The predicted octanol–water partition coefficient (Wildman–Crippen LogP) is 3.74. The summed E-state index contributed by atoms with van der Waals surface area (Å²) in [5.74, 6) is 1.91. The number of hydrogen-bond acceptors (Lipinski definition) is 5. The van der Waals surface area contributed by atoms with Crippen molar-refractivity contribution in [1.29, 1.82) is 0 Å². The Kier molecular flexibility index (Phi) is 5.00. The van der Waals surface area contributed by atoms with Gasteiger partial charge in [0.05, 0.1) is 24.9 Å². The largest absolute Gasteiger partial charge is 0.497 e.